The van der Waals surface area contributed by atoms with Gasteiger partial charge in [0.25, 0.3) is 0 Å². The van der Waals surface area contributed by atoms with E-state index in [0.29, 0.717) is 0 Å². The topological polar surface area (TPSA) is 41.2 Å². The summed E-state index contributed by atoms with van der Waals surface area (Å²) in [6, 6.07) is 8.65. The van der Waals surface area contributed by atoms with E-state index < -0.39 is 0 Å². The number of aryl methyl sites for hydroxylation is 3. The molecule has 0 unspecified atom stereocenters. The van der Waals surface area contributed by atoms with Crippen LogP contribution in [0, 0.1) is 13.8 Å². The molecular weight excluding hydrogens is 342 g/mol. The van der Waals surface area contributed by atoms with Crippen molar-refractivity contribution in [1.82, 2.24) is 14.9 Å². The summed E-state index contributed by atoms with van der Waals surface area (Å²) < 4.78 is 6.42. The normalized spacial score (nSPS) is 17.6. The van der Waals surface area contributed by atoms with Gasteiger partial charge < -0.3 is 9.72 Å². The van der Waals surface area contributed by atoms with Crippen LogP contribution >= 0.6 is 11.3 Å². The maximum absolute atomic E-state index is 6.42. The van der Waals surface area contributed by atoms with Crippen LogP contribution in [0.1, 0.15) is 46.9 Å². The van der Waals surface area contributed by atoms with Crippen molar-refractivity contribution in [3.63, 3.8) is 0 Å². The Labute approximate surface area is 158 Å². The number of nitrogens with one attached hydrogen (secondary N) is 1. The fourth-order valence-corrected chi connectivity index (χ4v) is 4.23. The lowest BCUT2D eigenvalue weighted by Crippen LogP contribution is -2.28. The molecule has 1 aliphatic heterocycles. The third kappa shape index (κ3) is 3.55. The molecule has 0 radical (unpaired) electrons. The van der Waals surface area contributed by atoms with E-state index in [1.54, 1.807) is 11.3 Å². The van der Waals surface area contributed by atoms with Gasteiger partial charge in [0.05, 0.1) is 5.69 Å². The Morgan fingerprint density at radius 1 is 1.31 bits per heavy atom. The van der Waals surface area contributed by atoms with Crippen molar-refractivity contribution in [2.45, 2.75) is 46.4 Å². The van der Waals surface area contributed by atoms with Crippen LogP contribution in [-0.4, -0.2) is 21.4 Å². The lowest BCUT2D eigenvalue weighted by molar-refractivity contribution is 0.143. The summed E-state index contributed by atoms with van der Waals surface area (Å²) in [5.74, 6) is 2.07. The number of ether oxygens (including phenoxy) is 1. The lowest BCUT2D eigenvalue weighted by Gasteiger charge is -2.23. The fourth-order valence-electron chi connectivity index (χ4n) is 3.53. The van der Waals surface area contributed by atoms with E-state index >= 15 is 0 Å². The second-order valence-corrected chi connectivity index (χ2v) is 7.83. The van der Waals surface area contributed by atoms with E-state index in [0.717, 1.165) is 43.3 Å². The van der Waals surface area contributed by atoms with Gasteiger partial charge in [-0.15, -0.1) is 0 Å². The SMILES string of the molecule is CCc1nc(CN2Cc3cc(C)ccc3O[C@@H](c3ccsc3)C2)c(C)[nH]1. The molecule has 136 valence electrons. The second kappa shape index (κ2) is 7.25. The Kier molecular flexibility index (Phi) is 4.83. The first kappa shape index (κ1) is 17.3. The van der Waals surface area contributed by atoms with Crippen LogP contribution in [0.15, 0.2) is 35.0 Å². The van der Waals surface area contributed by atoms with E-state index in [9.17, 15) is 0 Å². The molecule has 0 saturated heterocycles. The molecular formula is C21H25N3OS. The van der Waals surface area contributed by atoms with E-state index in [-0.39, 0.29) is 6.10 Å². The lowest BCUT2D eigenvalue weighted by atomic mass is 10.1. The van der Waals surface area contributed by atoms with Crippen LogP contribution in [0.3, 0.4) is 0 Å². The highest BCUT2D eigenvalue weighted by atomic mass is 32.1. The van der Waals surface area contributed by atoms with Crippen molar-refractivity contribution in [3.8, 4) is 5.75 Å². The molecule has 0 fully saturated rings. The number of aromatic nitrogens is 2. The molecule has 1 atom stereocenters. The summed E-state index contributed by atoms with van der Waals surface area (Å²) in [6.45, 7) is 8.96. The van der Waals surface area contributed by atoms with E-state index in [4.69, 9.17) is 9.72 Å². The molecule has 2 aromatic heterocycles. The monoisotopic (exact) mass is 367 g/mol. The van der Waals surface area contributed by atoms with Crippen LogP contribution in [0.5, 0.6) is 5.75 Å². The van der Waals surface area contributed by atoms with Crippen LogP contribution in [-0.2, 0) is 19.5 Å². The Balaban J connectivity index is 1.65. The molecule has 3 aromatic rings. The van der Waals surface area contributed by atoms with Gasteiger partial charge in [0, 0.05) is 42.9 Å². The summed E-state index contributed by atoms with van der Waals surface area (Å²) in [5, 5.41) is 4.31. The number of aromatic amines is 1. The molecule has 0 saturated carbocycles. The van der Waals surface area contributed by atoms with Crippen molar-refractivity contribution in [3.05, 3.63) is 68.9 Å². The minimum atomic E-state index is 0.0510. The zero-order valence-corrected chi connectivity index (χ0v) is 16.4. The van der Waals surface area contributed by atoms with Gasteiger partial charge in [0.1, 0.15) is 17.7 Å². The van der Waals surface area contributed by atoms with Gasteiger partial charge in [-0.3, -0.25) is 4.90 Å². The zero-order chi connectivity index (χ0) is 18.1. The van der Waals surface area contributed by atoms with Gasteiger partial charge in [-0.1, -0.05) is 24.6 Å². The predicted octanol–water partition coefficient (Wildman–Crippen LogP) is 4.79. The van der Waals surface area contributed by atoms with Gasteiger partial charge in [-0.2, -0.15) is 11.3 Å². The third-order valence-electron chi connectivity index (χ3n) is 4.96. The first-order valence-corrected chi connectivity index (χ1v) is 10.1. The summed E-state index contributed by atoms with van der Waals surface area (Å²) in [5.41, 5.74) is 6.09. The highest BCUT2D eigenvalue weighted by molar-refractivity contribution is 7.07. The molecule has 4 nitrogen and oxygen atoms in total. The molecule has 1 N–H and O–H groups in total. The van der Waals surface area contributed by atoms with Crippen LogP contribution in [0.2, 0.25) is 0 Å². The van der Waals surface area contributed by atoms with Gasteiger partial charge in [0.2, 0.25) is 0 Å². The average molecular weight is 368 g/mol. The summed E-state index contributed by atoms with van der Waals surface area (Å²) in [6.07, 6.45) is 0.985. The minimum absolute atomic E-state index is 0.0510. The van der Waals surface area contributed by atoms with Crippen molar-refractivity contribution in [1.29, 1.82) is 0 Å². The molecule has 1 aromatic carbocycles. The number of imidazole rings is 1. The first-order valence-electron chi connectivity index (χ1n) is 9.17. The van der Waals surface area contributed by atoms with Crippen molar-refractivity contribution in [2.24, 2.45) is 0 Å². The largest absolute Gasteiger partial charge is 0.484 e. The number of hydrogen-bond donors (Lipinski definition) is 1. The molecule has 0 amide bonds. The number of nitrogens with zero attached hydrogens (tertiary/aromatic N) is 2. The summed E-state index contributed by atoms with van der Waals surface area (Å²) in [7, 11) is 0. The Morgan fingerprint density at radius 3 is 2.92 bits per heavy atom. The van der Waals surface area contributed by atoms with Gasteiger partial charge in [0.15, 0.2) is 0 Å². The quantitative estimate of drug-likeness (QED) is 0.721. The molecule has 1 aliphatic rings. The maximum Gasteiger partial charge on any atom is 0.137 e. The Hall–Kier alpha value is -2.11. The molecule has 0 spiro atoms. The molecule has 26 heavy (non-hydrogen) atoms. The van der Waals surface area contributed by atoms with Crippen LogP contribution < -0.4 is 4.74 Å². The van der Waals surface area contributed by atoms with Crippen molar-refractivity contribution >= 4 is 11.3 Å². The molecule has 4 rings (SSSR count). The van der Waals surface area contributed by atoms with Crippen molar-refractivity contribution in [2.75, 3.05) is 6.54 Å². The average Bonchev–Trinajstić information content (AvgIpc) is 3.23. The third-order valence-corrected chi connectivity index (χ3v) is 5.66. The highest BCUT2D eigenvalue weighted by Gasteiger charge is 2.25. The van der Waals surface area contributed by atoms with Crippen LogP contribution in [0.4, 0.5) is 0 Å². The first-order chi connectivity index (χ1) is 12.6. The van der Waals surface area contributed by atoms with Gasteiger partial charge in [-0.05, 0) is 36.7 Å². The summed E-state index contributed by atoms with van der Waals surface area (Å²) in [4.78, 5) is 10.6. The Morgan fingerprint density at radius 2 is 2.19 bits per heavy atom. The number of H-pyrrole nitrogens is 1. The second-order valence-electron chi connectivity index (χ2n) is 7.05. The fraction of sp³-hybridized carbons (Fsp3) is 0.381. The van der Waals surface area contributed by atoms with E-state index in [1.807, 2.05) is 0 Å². The highest BCUT2D eigenvalue weighted by Crippen LogP contribution is 2.33. The number of fused-ring (bicyclic) bond motifs is 1. The van der Waals surface area contributed by atoms with Gasteiger partial charge >= 0.3 is 0 Å². The number of benzene rings is 1. The standard InChI is InChI=1S/C21H25N3OS/c1-4-21-22-15(3)18(23-21)11-24-10-17-9-14(2)5-6-19(17)25-20(12-24)16-7-8-26-13-16/h5-9,13,20H,4,10-12H2,1-3H3,(H,22,23)/t20-/m1/s1. The van der Waals surface area contributed by atoms with Crippen LogP contribution in [0.25, 0.3) is 0 Å². The number of hydrogen-bond acceptors (Lipinski definition) is 4. The smallest absolute Gasteiger partial charge is 0.137 e. The predicted molar refractivity (Wildman–Crippen MR) is 106 cm³/mol. The molecule has 3 heterocycles. The van der Waals surface area contributed by atoms with E-state index in [1.165, 1.54) is 22.4 Å². The molecule has 0 bridgehead atoms. The molecule has 5 heteroatoms. The van der Waals surface area contributed by atoms with Gasteiger partial charge in [-0.25, -0.2) is 4.98 Å². The number of thiophene rings is 1. The van der Waals surface area contributed by atoms with E-state index in [2.05, 4.69) is 65.7 Å². The Bertz CT molecular complexity index is 885. The summed E-state index contributed by atoms with van der Waals surface area (Å²) >= 11 is 1.72. The zero-order valence-electron chi connectivity index (χ0n) is 15.6. The maximum atomic E-state index is 6.42. The number of rotatable bonds is 4. The minimum Gasteiger partial charge on any atom is -0.484 e. The molecule has 0 aliphatic carbocycles. The van der Waals surface area contributed by atoms with Crippen molar-refractivity contribution < 1.29 is 4.74 Å².